The maximum absolute atomic E-state index is 13.3. The Kier molecular flexibility index (Phi) is 8.02. The zero-order valence-corrected chi connectivity index (χ0v) is 20.4. The first-order chi connectivity index (χ1) is 17.5. The molecule has 186 valence electrons. The fraction of sp³-hybridized carbons (Fsp3) is 0.241. The summed E-state index contributed by atoms with van der Waals surface area (Å²) >= 11 is 0. The first-order valence-corrected chi connectivity index (χ1v) is 11.9. The second-order valence-electron chi connectivity index (χ2n) is 8.13. The number of fused-ring (bicyclic) bond motifs is 1. The Morgan fingerprint density at radius 3 is 2.36 bits per heavy atom. The number of benzene rings is 3. The normalized spacial score (nSPS) is 10.9. The molecule has 0 aliphatic carbocycles. The zero-order chi connectivity index (χ0) is 25.5. The van der Waals surface area contributed by atoms with E-state index in [-0.39, 0.29) is 24.8 Å². The van der Waals surface area contributed by atoms with Crippen molar-refractivity contribution in [3.8, 4) is 11.5 Å². The number of furan rings is 1. The van der Waals surface area contributed by atoms with E-state index in [9.17, 15) is 9.59 Å². The average molecular weight is 488 g/mol. The summed E-state index contributed by atoms with van der Waals surface area (Å²) < 4.78 is 22.9. The van der Waals surface area contributed by atoms with Crippen molar-refractivity contribution in [2.45, 2.75) is 39.8 Å². The van der Waals surface area contributed by atoms with Gasteiger partial charge in [-0.3, -0.25) is 4.79 Å². The van der Waals surface area contributed by atoms with Gasteiger partial charge in [-0.05, 0) is 42.7 Å². The van der Waals surface area contributed by atoms with Gasteiger partial charge in [0.1, 0.15) is 23.7 Å². The van der Waals surface area contributed by atoms with Gasteiger partial charge in [0.2, 0.25) is 5.76 Å². The molecule has 1 heterocycles. The minimum atomic E-state index is -0.617. The highest BCUT2D eigenvalue weighted by molar-refractivity contribution is 5.97. The molecule has 0 fully saturated rings. The lowest BCUT2D eigenvalue weighted by Gasteiger charge is -2.13. The highest BCUT2D eigenvalue weighted by atomic mass is 16.5. The van der Waals surface area contributed by atoms with Crippen LogP contribution in [-0.4, -0.2) is 18.5 Å². The van der Waals surface area contributed by atoms with Crippen molar-refractivity contribution in [2.24, 2.45) is 5.73 Å². The number of ether oxygens (including phenoxy) is 3. The molecule has 1 aromatic heterocycles. The topological polar surface area (TPSA) is 101 Å². The third-order valence-corrected chi connectivity index (χ3v) is 5.87. The van der Waals surface area contributed by atoms with Gasteiger partial charge < -0.3 is 24.4 Å². The summed E-state index contributed by atoms with van der Waals surface area (Å²) in [6.07, 6.45) is 0.756. The van der Waals surface area contributed by atoms with E-state index in [4.69, 9.17) is 24.4 Å². The van der Waals surface area contributed by atoms with Crippen LogP contribution in [0.15, 0.2) is 71.1 Å². The number of hydrogen-bond acceptors (Lipinski definition) is 7. The third kappa shape index (κ3) is 5.42. The van der Waals surface area contributed by atoms with Gasteiger partial charge >= 0.3 is 11.9 Å². The molecule has 0 aliphatic heterocycles. The molecule has 4 rings (SSSR count). The maximum atomic E-state index is 13.3. The number of rotatable bonds is 10. The predicted molar refractivity (Wildman–Crippen MR) is 136 cm³/mol. The van der Waals surface area contributed by atoms with Crippen LogP contribution in [0.2, 0.25) is 0 Å². The Morgan fingerprint density at radius 2 is 1.58 bits per heavy atom. The van der Waals surface area contributed by atoms with E-state index in [1.54, 1.807) is 25.1 Å². The van der Waals surface area contributed by atoms with Crippen LogP contribution < -0.4 is 15.2 Å². The summed E-state index contributed by atoms with van der Waals surface area (Å²) in [4.78, 5) is 25.3. The predicted octanol–water partition coefficient (Wildman–Crippen LogP) is 5.36. The molecule has 0 spiro atoms. The lowest BCUT2D eigenvalue weighted by Crippen LogP contribution is -2.13. The highest BCUT2D eigenvalue weighted by Crippen LogP contribution is 2.31. The van der Waals surface area contributed by atoms with Crippen molar-refractivity contribution in [2.75, 3.05) is 6.61 Å². The molecule has 0 bridgehead atoms. The number of esters is 2. The SMILES string of the molecule is CCOC(=O)Cc1ccccc1OCc1c(C(=O)Oc2cccc(CN)c2CC)oc2ccccc12. The minimum Gasteiger partial charge on any atom is -0.488 e. The molecule has 0 aliphatic rings. The van der Waals surface area contributed by atoms with Gasteiger partial charge in [0.15, 0.2) is 0 Å². The number of hydrogen-bond donors (Lipinski definition) is 1. The second kappa shape index (κ2) is 11.6. The van der Waals surface area contributed by atoms with Crippen molar-refractivity contribution in [3.63, 3.8) is 0 Å². The van der Waals surface area contributed by atoms with Gasteiger partial charge in [-0.1, -0.05) is 55.5 Å². The molecule has 4 aromatic rings. The van der Waals surface area contributed by atoms with Crippen molar-refractivity contribution in [3.05, 3.63) is 94.7 Å². The third-order valence-electron chi connectivity index (χ3n) is 5.87. The highest BCUT2D eigenvalue weighted by Gasteiger charge is 2.24. The Bertz CT molecular complexity index is 1370. The Balaban J connectivity index is 1.63. The van der Waals surface area contributed by atoms with Gasteiger partial charge in [-0.2, -0.15) is 0 Å². The van der Waals surface area contributed by atoms with Crippen LogP contribution in [-0.2, 0) is 35.5 Å². The Morgan fingerprint density at radius 1 is 0.861 bits per heavy atom. The van der Waals surface area contributed by atoms with Gasteiger partial charge in [0.05, 0.1) is 18.6 Å². The van der Waals surface area contributed by atoms with E-state index in [1.807, 2.05) is 55.5 Å². The van der Waals surface area contributed by atoms with Crippen LogP contribution in [0.3, 0.4) is 0 Å². The van der Waals surface area contributed by atoms with E-state index in [2.05, 4.69) is 0 Å². The molecule has 7 nitrogen and oxygen atoms in total. The smallest absolute Gasteiger partial charge is 0.380 e. The molecule has 0 amide bonds. The van der Waals surface area contributed by atoms with E-state index in [0.29, 0.717) is 47.8 Å². The van der Waals surface area contributed by atoms with Gasteiger partial charge in [-0.25, -0.2) is 4.79 Å². The van der Waals surface area contributed by atoms with Gasteiger partial charge in [-0.15, -0.1) is 0 Å². The minimum absolute atomic E-state index is 0.0464. The van der Waals surface area contributed by atoms with E-state index in [1.165, 1.54) is 0 Å². The molecule has 7 heteroatoms. The summed E-state index contributed by atoms with van der Waals surface area (Å²) in [7, 11) is 0. The summed E-state index contributed by atoms with van der Waals surface area (Å²) in [6, 6.07) is 20.1. The molecule has 0 saturated carbocycles. The van der Waals surface area contributed by atoms with Gasteiger partial charge in [0.25, 0.3) is 0 Å². The van der Waals surface area contributed by atoms with E-state index >= 15 is 0 Å². The standard InChI is InChI=1S/C29H29NO6/c1-3-21-20(17-30)11-9-15-25(21)36-29(32)28-23(22-12-6-8-14-26(22)35-28)18-34-24-13-7-5-10-19(24)16-27(31)33-4-2/h5-15H,3-4,16-18,30H2,1-2H3. The molecule has 0 saturated heterocycles. The summed E-state index contributed by atoms with van der Waals surface area (Å²) in [6.45, 7) is 4.46. The molecule has 36 heavy (non-hydrogen) atoms. The lowest BCUT2D eigenvalue weighted by atomic mass is 10.0. The van der Waals surface area contributed by atoms with Crippen LogP contribution in [0.4, 0.5) is 0 Å². The van der Waals surface area contributed by atoms with Crippen molar-refractivity contribution in [1.82, 2.24) is 0 Å². The number of carbonyl (C=O) groups is 2. The quantitative estimate of drug-likeness (QED) is 0.237. The van der Waals surface area contributed by atoms with E-state index < -0.39 is 5.97 Å². The fourth-order valence-electron chi connectivity index (χ4n) is 4.16. The van der Waals surface area contributed by atoms with Crippen LogP contribution >= 0.6 is 0 Å². The molecule has 3 aromatic carbocycles. The number of carbonyl (C=O) groups excluding carboxylic acids is 2. The van der Waals surface area contributed by atoms with E-state index in [0.717, 1.165) is 16.5 Å². The molecular formula is C29H29NO6. The summed E-state index contributed by atoms with van der Waals surface area (Å²) in [5.74, 6) is 0.0994. The molecule has 0 radical (unpaired) electrons. The van der Waals surface area contributed by atoms with Crippen LogP contribution in [0.5, 0.6) is 11.5 Å². The van der Waals surface area contributed by atoms with Crippen molar-refractivity contribution >= 4 is 22.9 Å². The maximum Gasteiger partial charge on any atom is 0.380 e. The number of para-hydroxylation sites is 2. The zero-order valence-electron chi connectivity index (χ0n) is 20.4. The molecule has 2 N–H and O–H groups in total. The van der Waals surface area contributed by atoms with Crippen molar-refractivity contribution < 1.29 is 28.2 Å². The molecule has 0 unspecified atom stereocenters. The summed E-state index contributed by atoms with van der Waals surface area (Å²) in [5, 5.41) is 0.749. The number of nitrogens with two attached hydrogens (primary N) is 1. The lowest BCUT2D eigenvalue weighted by molar-refractivity contribution is -0.142. The molecule has 0 atom stereocenters. The largest absolute Gasteiger partial charge is 0.488 e. The van der Waals surface area contributed by atoms with Crippen LogP contribution in [0, 0.1) is 0 Å². The Labute approximate surface area is 209 Å². The molecular weight excluding hydrogens is 458 g/mol. The fourth-order valence-corrected chi connectivity index (χ4v) is 4.16. The monoisotopic (exact) mass is 487 g/mol. The first-order valence-electron chi connectivity index (χ1n) is 11.9. The second-order valence-corrected chi connectivity index (χ2v) is 8.13. The van der Waals surface area contributed by atoms with Crippen LogP contribution in [0.1, 0.15) is 46.7 Å². The van der Waals surface area contributed by atoms with Crippen molar-refractivity contribution in [1.29, 1.82) is 0 Å². The average Bonchev–Trinajstić information content (AvgIpc) is 3.27. The van der Waals surface area contributed by atoms with Gasteiger partial charge in [0, 0.05) is 17.5 Å². The first kappa shape index (κ1) is 25.0. The van der Waals surface area contributed by atoms with Crippen LogP contribution in [0.25, 0.3) is 11.0 Å². The Hall–Kier alpha value is -4.10. The summed E-state index contributed by atoms with van der Waals surface area (Å²) in [5.41, 5.74) is 9.48.